The van der Waals surface area contributed by atoms with Crippen molar-refractivity contribution in [1.29, 1.82) is 0 Å². The summed E-state index contributed by atoms with van der Waals surface area (Å²) in [5, 5.41) is 14.1. The van der Waals surface area contributed by atoms with E-state index < -0.39 is 4.92 Å². The maximum Gasteiger partial charge on any atom is 0.273 e. The van der Waals surface area contributed by atoms with E-state index >= 15 is 0 Å². The van der Waals surface area contributed by atoms with E-state index in [4.69, 9.17) is 10.5 Å². The maximum absolute atomic E-state index is 10.7. The minimum absolute atomic E-state index is 0.0352. The molecule has 1 saturated carbocycles. The van der Waals surface area contributed by atoms with Crippen LogP contribution in [-0.2, 0) is 0 Å². The van der Waals surface area contributed by atoms with Gasteiger partial charge in [-0.3, -0.25) is 10.1 Å². The van der Waals surface area contributed by atoms with Gasteiger partial charge in [-0.2, -0.15) is 0 Å². The maximum atomic E-state index is 10.7. The molecule has 0 aliphatic heterocycles. The highest BCUT2D eigenvalue weighted by Gasteiger charge is 2.20. The SMILES string of the molecule is COc1cc([N+](=O)[O-])ccc1NC1CCC(N)CC1. The molecule has 0 atom stereocenters. The average molecular weight is 265 g/mol. The van der Waals surface area contributed by atoms with Crippen LogP contribution in [0, 0.1) is 10.1 Å². The van der Waals surface area contributed by atoms with Crippen LogP contribution in [-0.4, -0.2) is 24.1 Å². The number of nitrogens with one attached hydrogen (secondary N) is 1. The average Bonchev–Trinajstić information content (AvgIpc) is 2.41. The fourth-order valence-electron chi connectivity index (χ4n) is 2.40. The smallest absolute Gasteiger partial charge is 0.273 e. The Morgan fingerprint density at radius 1 is 1.37 bits per heavy atom. The minimum Gasteiger partial charge on any atom is -0.494 e. The summed E-state index contributed by atoms with van der Waals surface area (Å²) >= 11 is 0. The zero-order valence-electron chi connectivity index (χ0n) is 11.0. The van der Waals surface area contributed by atoms with E-state index in [2.05, 4.69) is 5.32 Å². The summed E-state index contributed by atoms with van der Waals surface area (Å²) in [5.41, 5.74) is 6.71. The Bertz CT molecular complexity index is 456. The van der Waals surface area contributed by atoms with Crippen molar-refractivity contribution in [3.63, 3.8) is 0 Å². The lowest BCUT2D eigenvalue weighted by Gasteiger charge is -2.28. The summed E-state index contributed by atoms with van der Waals surface area (Å²) in [4.78, 5) is 10.3. The van der Waals surface area contributed by atoms with E-state index in [-0.39, 0.29) is 5.69 Å². The van der Waals surface area contributed by atoms with Gasteiger partial charge >= 0.3 is 0 Å². The first-order chi connectivity index (χ1) is 9.10. The molecule has 0 spiro atoms. The van der Waals surface area contributed by atoms with Crippen LogP contribution in [0.15, 0.2) is 18.2 Å². The zero-order chi connectivity index (χ0) is 13.8. The molecule has 104 valence electrons. The normalized spacial score (nSPS) is 22.8. The molecule has 6 nitrogen and oxygen atoms in total. The van der Waals surface area contributed by atoms with E-state index in [1.807, 2.05) is 0 Å². The van der Waals surface area contributed by atoms with Gasteiger partial charge in [-0.05, 0) is 31.7 Å². The number of hydrogen-bond donors (Lipinski definition) is 2. The Hall–Kier alpha value is -1.82. The largest absolute Gasteiger partial charge is 0.494 e. The van der Waals surface area contributed by atoms with Gasteiger partial charge < -0.3 is 15.8 Å². The van der Waals surface area contributed by atoms with Crippen molar-refractivity contribution in [2.24, 2.45) is 5.73 Å². The molecule has 0 aromatic heterocycles. The highest BCUT2D eigenvalue weighted by atomic mass is 16.6. The van der Waals surface area contributed by atoms with Crippen molar-refractivity contribution >= 4 is 11.4 Å². The third-order valence-electron chi connectivity index (χ3n) is 3.53. The first-order valence-electron chi connectivity index (χ1n) is 6.44. The van der Waals surface area contributed by atoms with E-state index in [1.165, 1.54) is 19.2 Å². The highest BCUT2D eigenvalue weighted by Crippen LogP contribution is 2.31. The molecule has 19 heavy (non-hydrogen) atoms. The molecule has 1 aromatic rings. The number of methoxy groups -OCH3 is 1. The van der Waals surface area contributed by atoms with Crippen molar-refractivity contribution < 1.29 is 9.66 Å². The van der Waals surface area contributed by atoms with Crippen LogP contribution in [0.3, 0.4) is 0 Å². The van der Waals surface area contributed by atoms with Gasteiger partial charge in [0.1, 0.15) is 5.75 Å². The van der Waals surface area contributed by atoms with Gasteiger partial charge in [-0.15, -0.1) is 0 Å². The van der Waals surface area contributed by atoms with E-state index in [9.17, 15) is 10.1 Å². The first kappa shape index (κ1) is 13.6. The second kappa shape index (κ2) is 5.88. The Morgan fingerprint density at radius 2 is 2.05 bits per heavy atom. The number of hydrogen-bond acceptors (Lipinski definition) is 5. The number of anilines is 1. The van der Waals surface area contributed by atoms with Crippen LogP contribution in [0.4, 0.5) is 11.4 Å². The third-order valence-corrected chi connectivity index (χ3v) is 3.53. The molecule has 2 rings (SSSR count). The van der Waals surface area contributed by atoms with Crippen LogP contribution in [0.1, 0.15) is 25.7 Å². The quantitative estimate of drug-likeness (QED) is 0.644. The summed E-state index contributed by atoms with van der Waals surface area (Å²) in [7, 11) is 1.51. The molecule has 0 heterocycles. The Kier molecular flexibility index (Phi) is 4.21. The molecule has 1 aliphatic rings. The van der Waals surface area contributed by atoms with Crippen molar-refractivity contribution in [3.05, 3.63) is 28.3 Å². The molecule has 0 unspecified atom stereocenters. The lowest BCUT2D eigenvalue weighted by molar-refractivity contribution is -0.384. The molecule has 6 heteroatoms. The molecule has 1 fully saturated rings. The molecule has 1 aliphatic carbocycles. The number of benzene rings is 1. The summed E-state index contributed by atoms with van der Waals surface area (Å²) in [6, 6.07) is 5.29. The van der Waals surface area contributed by atoms with Crippen LogP contribution >= 0.6 is 0 Å². The molecule has 0 bridgehead atoms. The molecule has 0 radical (unpaired) electrons. The lowest BCUT2D eigenvalue weighted by atomic mass is 9.91. The molecular formula is C13H19N3O3. The second-order valence-electron chi connectivity index (χ2n) is 4.90. The van der Waals surface area contributed by atoms with Gasteiger partial charge in [0, 0.05) is 18.2 Å². The summed E-state index contributed by atoms with van der Waals surface area (Å²) in [6.45, 7) is 0. The zero-order valence-corrected chi connectivity index (χ0v) is 11.0. The molecule has 1 aromatic carbocycles. The number of nitro groups is 1. The molecular weight excluding hydrogens is 246 g/mol. The van der Waals surface area contributed by atoms with Crippen molar-refractivity contribution in [3.8, 4) is 5.75 Å². The van der Waals surface area contributed by atoms with Gasteiger partial charge in [-0.1, -0.05) is 0 Å². The van der Waals surface area contributed by atoms with Crippen molar-refractivity contribution in [2.75, 3.05) is 12.4 Å². The Labute approximate surface area is 112 Å². The fourth-order valence-corrected chi connectivity index (χ4v) is 2.40. The number of nitrogens with two attached hydrogens (primary N) is 1. The highest BCUT2D eigenvalue weighted by molar-refractivity contribution is 5.61. The third kappa shape index (κ3) is 3.35. The number of non-ortho nitro benzene ring substituents is 1. The van der Waals surface area contributed by atoms with Gasteiger partial charge in [0.25, 0.3) is 5.69 Å². The number of nitro benzene ring substituents is 1. The predicted molar refractivity (Wildman–Crippen MR) is 73.5 cm³/mol. The summed E-state index contributed by atoms with van der Waals surface area (Å²) < 4.78 is 5.21. The van der Waals surface area contributed by atoms with Crippen molar-refractivity contribution in [2.45, 2.75) is 37.8 Å². The Balaban J connectivity index is 2.09. The Morgan fingerprint density at radius 3 is 2.63 bits per heavy atom. The number of rotatable bonds is 4. The van der Waals surface area contributed by atoms with Gasteiger partial charge in [-0.25, -0.2) is 0 Å². The second-order valence-corrected chi connectivity index (χ2v) is 4.90. The van der Waals surface area contributed by atoms with E-state index in [1.54, 1.807) is 6.07 Å². The number of nitrogens with zero attached hydrogens (tertiary/aromatic N) is 1. The van der Waals surface area contributed by atoms with E-state index in [0.29, 0.717) is 17.8 Å². The monoisotopic (exact) mass is 265 g/mol. The van der Waals surface area contributed by atoms with Crippen LogP contribution < -0.4 is 15.8 Å². The van der Waals surface area contributed by atoms with Crippen LogP contribution in [0.25, 0.3) is 0 Å². The van der Waals surface area contributed by atoms with Crippen LogP contribution in [0.2, 0.25) is 0 Å². The molecule has 3 N–H and O–H groups in total. The van der Waals surface area contributed by atoms with E-state index in [0.717, 1.165) is 31.4 Å². The van der Waals surface area contributed by atoms with Gasteiger partial charge in [0.2, 0.25) is 0 Å². The topological polar surface area (TPSA) is 90.4 Å². The molecule has 0 amide bonds. The van der Waals surface area contributed by atoms with Gasteiger partial charge in [0.05, 0.1) is 23.8 Å². The van der Waals surface area contributed by atoms with Crippen LogP contribution in [0.5, 0.6) is 5.75 Å². The first-order valence-corrected chi connectivity index (χ1v) is 6.44. The van der Waals surface area contributed by atoms with Crippen molar-refractivity contribution in [1.82, 2.24) is 0 Å². The van der Waals surface area contributed by atoms with Gasteiger partial charge in [0.15, 0.2) is 0 Å². The summed E-state index contributed by atoms with van der Waals surface area (Å²) in [6.07, 6.45) is 4.04. The minimum atomic E-state index is -0.425. The fraction of sp³-hybridized carbons (Fsp3) is 0.538. The molecule has 0 saturated heterocycles. The predicted octanol–water partition coefficient (Wildman–Crippen LogP) is 2.29. The number of ether oxygens (including phenoxy) is 1. The lowest BCUT2D eigenvalue weighted by Crippen LogP contribution is -2.32. The standard InChI is InChI=1S/C13H19N3O3/c1-19-13-8-11(16(17)18)6-7-12(13)15-10-4-2-9(14)3-5-10/h6-10,15H,2-5,14H2,1H3. The summed E-state index contributed by atoms with van der Waals surface area (Å²) in [5.74, 6) is 0.504.